The molecule has 0 amide bonds. The standard InChI is InChI=1S/C23H18Cl2F3N3O4/c1-12-4-3-5-14(16(10-34-2)21(32)33)15(12)11-35-20-9-19(23(26,27)28)30-22(31-20)29-18-7-6-13(24)8-17(18)25/h3-10H,11H2,1-2H3,(H,32,33)(H,29,30,31)/b16-10+. The van der Waals surface area contributed by atoms with Gasteiger partial charge in [0.1, 0.15) is 12.2 Å². The molecule has 0 fully saturated rings. The quantitative estimate of drug-likeness (QED) is 0.255. The van der Waals surface area contributed by atoms with Gasteiger partial charge in [-0.3, -0.25) is 0 Å². The topological polar surface area (TPSA) is 93.6 Å². The second-order valence-electron chi connectivity index (χ2n) is 7.12. The first kappa shape index (κ1) is 26.1. The molecule has 0 aliphatic heterocycles. The third-order valence-electron chi connectivity index (χ3n) is 4.70. The molecule has 35 heavy (non-hydrogen) atoms. The normalized spacial score (nSPS) is 11.8. The first-order valence-electron chi connectivity index (χ1n) is 9.86. The van der Waals surface area contributed by atoms with Gasteiger partial charge in [-0.1, -0.05) is 41.4 Å². The third-order valence-corrected chi connectivity index (χ3v) is 5.25. The van der Waals surface area contributed by atoms with E-state index in [0.717, 1.165) is 6.26 Å². The van der Waals surface area contributed by atoms with Gasteiger partial charge in [-0.15, -0.1) is 0 Å². The van der Waals surface area contributed by atoms with E-state index in [1.165, 1.54) is 25.3 Å². The highest BCUT2D eigenvalue weighted by Gasteiger charge is 2.34. The molecule has 184 valence electrons. The zero-order valence-corrected chi connectivity index (χ0v) is 19.8. The van der Waals surface area contributed by atoms with Crippen molar-refractivity contribution >= 4 is 46.4 Å². The number of benzene rings is 2. The molecule has 2 aromatic carbocycles. The summed E-state index contributed by atoms with van der Waals surface area (Å²) in [6, 6.07) is 9.91. The number of anilines is 2. The minimum Gasteiger partial charge on any atom is -0.503 e. The molecule has 1 aromatic heterocycles. The number of hydrogen-bond donors (Lipinski definition) is 2. The van der Waals surface area contributed by atoms with Gasteiger partial charge in [-0.2, -0.15) is 18.2 Å². The molecule has 0 atom stereocenters. The maximum Gasteiger partial charge on any atom is 0.433 e. The van der Waals surface area contributed by atoms with Gasteiger partial charge < -0.3 is 19.9 Å². The number of aryl methyl sites for hydroxylation is 1. The van der Waals surface area contributed by atoms with Crippen molar-refractivity contribution in [3.05, 3.63) is 81.2 Å². The fourth-order valence-electron chi connectivity index (χ4n) is 3.05. The second kappa shape index (κ2) is 10.8. The van der Waals surface area contributed by atoms with E-state index in [2.05, 4.69) is 15.3 Å². The summed E-state index contributed by atoms with van der Waals surface area (Å²) in [7, 11) is 1.30. The largest absolute Gasteiger partial charge is 0.503 e. The fourth-order valence-corrected chi connectivity index (χ4v) is 3.51. The summed E-state index contributed by atoms with van der Waals surface area (Å²) in [5, 5.41) is 12.7. The molecule has 1 heterocycles. The van der Waals surface area contributed by atoms with Crippen molar-refractivity contribution in [3.8, 4) is 5.88 Å². The Morgan fingerprint density at radius 2 is 1.91 bits per heavy atom. The highest BCUT2D eigenvalue weighted by atomic mass is 35.5. The van der Waals surface area contributed by atoms with Gasteiger partial charge in [0.2, 0.25) is 11.8 Å². The number of carboxylic acid groups (broad SMARTS) is 1. The molecule has 3 aromatic rings. The minimum absolute atomic E-state index is 0.145. The Hall–Kier alpha value is -3.50. The van der Waals surface area contributed by atoms with E-state index >= 15 is 0 Å². The number of ether oxygens (including phenoxy) is 2. The number of hydrogen-bond acceptors (Lipinski definition) is 6. The summed E-state index contributed by atoms with van der Waals surface area (Å²) in [6.07, 6.45) is -3.72. The SMILES string of the molecule is CO/C=C(/C(=O)O)c1cccc(C)c1COc1cc(C(F)(F)F)nc(Nc2ccc(Cl)cc2Cl)n1. The molecule has 0 aliphatic rings. The Morgan fingerprint density at radius 1 is 1.17 bits per heavy atom. The molecular formula is C23H18Cl2F3N3O4. The van der Waals surface area contributed by atoms with E-state index in [1.807, 2.05) is 0 Å². The minimum atomic E-state index is -4.78. The van der Waals surface area contributed by atoms with Crippen LogP contribution in [0.2, 0.25) is 10.0 Å². The summed E-state index contributed by atoms with van der Waals surface area (Å²) in [5.74, 6) is -2.04. The second-order valence-corrected chi connectivity index (χ2v) is 7.97. The number of carbonyl (C=O) groups is 1. The molecule has 0 spiro atoms. The van der Waals surface area contributed by atoms with E-state index < -0.39 is 23.8 Å². The van der Waals surface area contributed by atoms with E-state index in [9.17, 15) is 23.1 Å². The number of aliphatic carboxylic acids is 1. The van der Waals surface area contributed by atoms with Crippen LogP contribution < -0.4 is 10.1 Å². The average Bonchev–Trinajstić information content (AvgIpc) is 2.77. The lowest BCUT2D eigenvalue weighted by molar-refractivity contribution is -0.141. The number of rotatable bonds is 8. The van der Waals surface area contributed by atoms with Crippen molar-refractivity contribution < 1.29 is 32.5 Å². The zero-order chi connectivity index (χ0) is 25.8. The molecule has 0 saturated heterocycles. The van der Waals surface area contributed by atoms with E-state index in [4.69, 9.17) is 32.7 Å². The summed E-state index contributed by atoms with van der Waals surface area (Å²) in [4.78, 5) is 19.2. The molecule has 0 saturated carbocycles. The molecule has 0 aliphatic carbocycles. The maximum atomic E-state index is 13.5. The molecule has 0 unspecified atom stereocenters. The summed E-state index contributed by atoms with van der Waals surface area (Å²) in [5.41, 5.74) is 0.218. The third kappa shape index (κ3) is 6.55. The van der Waals surface area contributed by atoms with Gasteiger partial charge in [-0.25, -0.2) is 9.78 Å². The highest BCUT2D eigenvalue weighted by molar-refractivity contribution is 6.36. The Kier molecular flexibility index (Phi) is 8.08. The van der Waals surface area contributed by atoms with Crippen LogP contribution in [0.4, 0.5) is 24.8 Å². The lowest BCUT2D eigenvalue weighted by Crippen LogP contribution is -2.13. The number of halogens is 5. The predicted octanol–water partition coefficient (Wildman–Crippen LogP) is 6.51. The lowest BCUT2D eigenvalue weighted by Gasteiger charge is -2.16. The van der Waals surface area contributed by atoms with Crippen LogP contribution in [0.25, 0.3) is 5.57 Å². The first-order chi connectivity index (χ1) is 16.5. The Balaban J connectivity index is 1.97. The van der Waals surface area contributed by atoms with Crippen molar-refractivity contribution in [2.75, 3.05) is 12.4 Å². The lowest BCUT2D eigenvalue weighted by atomic mass is 9.97. The van der Waals surface area contributed by atoms with Crippen molar-refractivity contribution in [3.63, 3.8) is 0 Å². The number of aromatic nitrogens is 2. The van der Waals surface area contributed by atoms with Crippen molar-refractivity contribution in [2.24, 2.45) is 0 Å². The Bertz CT molecular complexity index is 1280. The smallest absolute Gasteiger partial charge is 0.433 e. The van der Waals surface area contributed by atoms with Gasteiger partial charge in [0.05, 0.1) is 24.1 Å². The molecule has 12 heteroatoms. The van der Waals surface area contributed by atoms with Crippen molar-refractivity contribution in [1.82, 2.24) is 9.97 Å². The van der Waals surface area contributed by atoms with Crippen LogP contribution in [-0.4, -0.2) is 28.2 Å². The van der Waals surface area contributed by atoms with Gasteiger partial charge in [0, 0.05) is 16.7 Å². The number of carboxylic acids is 1. The predicted molar refractivity (Wildman–Crippen MR) is 125 cm³/mol. The monoisotopic (exact) mass is 527 g/mol. The summed E-state index contributed by atoms with van der Waals surface area (Å²) in [6.45, 7) is 1.44. The summed E-state index contributed by atoms with van der Waals surface area (Å²) < 4.78 is 50.9. The van der Waals surface area contributed by atoms with Crippen LogP contribution in [0.15, 0.2) is 48.7 Å². The van der Waals surface area contributed by atoms with Crippen molar-refractivity contribution in [2.45, 2.75) is 19.7 Å². The van der Waals surface area contributed by atoms with Gasteiger partial charge in [-0.05, 0) is 36.2 Å². The molecular weight excluding hydrogens is 510 g/mol. The highest BCUT2D eigenvalue weighted by Crippen LogP contribution is 2.33. The molecule has 3 rings (SSSR count). The van der Waals surface area contributed by atoms with Gasteiger partial charge >= 0.3 is 12.1 Å². The van der Waals surface area contributed by atoms with Gasteiger partial charge in [0.15, 0.2) is 5.69 Å². The van der Waals surface area contributed by atoms with Crippen molar-refractivity contribution in [1.29, 1.82) is 0 Å². The summed E-state index contributed by atoms with van der Waals surface area (Å²) >= 11 is 11.9. The van der Waals surface area contributed by atoms with Crippen LogP contribution in [0, 0.1) is 6.92 Å². The van der Waals surface area contributed by atoms with Crippen LogP contribution in [-0.2, 0) is 22.3 Å². The Labute approximate surface area is 208 Å². The van der Waals surface area contributed by atoms with E-state index in [-0.39, 0.29) is 34.3 Å². The van der Waals surface area contributed by atoms with Crippen LogP contribution in [0.3, 0.4) is 0 Å². The van der Waals surface area contributed by atoms with E-state index in [1.54, 1.807) is 25.1 Å². The average molecular weight is 528 g/mol. The Morgan fingerprint density at radius 3 is 2.54 bits per heavy atom. The molecule has 2 N–H and O–H groups in total. The fraction of sp³-hybridized carbons (Fsp3) is 0.174. The van der Waals surface area contributed by atoms with Gasteiger partial charge in [0.25, 0.3) is 0 Å². The van der Waals surface area contributed by atoms with Crippen LogP contribution >= 0.6 is 23.2 Å². The molecule has 0 radical (unpaired) electrons. The van der Waals surface area contributed by atoms with Crippen LogP contribution in [0.5, 0.6) is 5.88 Å². The first-order valence-corrected chi connectivity index (χ1v) is 10.6. The molecule has 0 bridgehead atoms. The van der Waals surface area contributed by atoms with E-state index in [0.29, 0.717) is 22.2 Å². The number of nitrogens with one attached hydrogen (secondary N) is 1. The number of methoxy groups -OCH3 is 1. The molecule has 7 nitrogen and oxygen atoms in total. The number of nitrogens with zero attached hydrogens (tertiary/aromatic N) is 2. The maximum absolute atomic E-state index is 13.5. The zero-order valence-electron chi connectivity index (χ0n) is 18.3. The van der Waals surface area contributed by atoms with Crippen LogP contribution in [0.1, 0.15) is 22.4 Å². The number of alkyl halides is 3.